The number of rotatable bonds is 3. The lowest BCUT2D eigenvalue weighted by Gasteiger charge is -2.46. The average Bonchev–Trinajstić information content (AvgIpc) is 2.73. The minimum atomic E-state index is 0.0743. The zero-order valence-electron chi connectivity index (χ0n) is 15.9. The van der Waals surface area contributed by atoms with Gasteiger partial charge in [-0.05, 0) is 64.5 Å². The van der Waals surface area contributed by atoms with Gasteiger partial charge in [0.1, 0.15) is 5.75 Å². The number of nitrogens with zero attached hydrogens (tertiary/aromatic N) is 2. The van der Waals surface area contributed by atoms with Crippen molar-refractivity contribution in [2.75, 3.05) is 33.3 Å². The van der Waals surface area contributed by atoms with Gasteiger partial charge in [0.25, 0.3) is 5.91 Å². The number of carbonyl (C=O) groups excluding carboxylic acids is 1. The fraction of sp³-hybridized carbons (Fsp3) is 0.409. The number of hydrogen-bond donors (Lipinski definition) is 0. The molecule has 2 aliphatic heterocycles. The second-order valence-corrected chi connectivity index (χ2v) is 8.78. The maximum absolute atomic E-state index is 13.1. The van der Waals surface area contributed by atoms with Crippen LogP contribution < -0.4 is 4.74 Å². The highest BCUT2D eigenvalue weighted by Gasteiger charge is 2.35. The van der Waals surface area contributed by atoms with Crippen molar-refractivity contribution in [3.05, 3.63) is 63.1 Å². The topological polar surface area (TPSA) is 32.8 Å². The van der Waals surface area contributed by atoms with Gasteiger partial charge in [-0.3, -0.25) is 9.69 Å². The van der Waals surface area contributed by atoms with E-state index < -0.39 is 0 Å². The molecule has 2 saturated heterocycles. The van der Waals surface area contributed by atoms with Crippen LogP contribution in [0.3, 0.4) is 0 Å². The second kappa shape index (κ2) is 8.44. The molecule has 2 aromatic rings. The molecule has 1 amide bonds. The van der Waals surface area contributed by atoms with E-state index in [1.807, 2.05) is 35.2 Å². The van der Waals surface area contributed by atoms with Gasteiger partial charge in [-0.1, -0.05) is 29.8 Å². The van der Waals surface area contributed by atoms with Crippen LogP contribution in [0.15, 0.2) is 46.9 Å². The summed E-state index contributed by atoms with van der Waals surface area (Å²) in [4.78, 5) is 17.6. The first-order valence-corrected chi connectivity index (χ1v) is 10.8. The lowest BCUT2D eigenvalue weighted by Crippen LogP contribution is -2.57. The van der Waals surface area contributed by atoms with Gasteiger partial charge in [0, 0.05) is 37.2 Å². The largest absolute Gasteiger partial charge is 0.496 e. The molecule has 28 heavy (non-hydrogen) atoms. The molecule has 2 aliphatic rings. The molecule has 2 aromatic carbocycles. The van der Waals surface area contributed by atoms with Crippen molar-refractivity contribution in [2.45, 2.75) is 24.8 Å². The molecule has 0 aromatic heterocycles. The van der Waals surface area contributed by atoms with Gasteiger partial charge >= 0.3 is 0 Å². The first-order chi connectivity index (χ1) is 13.6. The van der Waals surface area contributed by atoms with Gasteiger partial charge in [-0.15, -0.1) is 0 Å². The summed E-state index contributed by atoms with van der Waals surface area (Å²) in [5, 5.41) is 0.785. The molecule has 4 rings (SSSR count). The lowest BCUT2D eigenvalue weighted by molar-refractivity contribution is 0.0328. The Morgan fingerprint density at radius 2 is 1.89 bits per heavy atom. The van der Waals surface area contributed by atoms with Crippen LogP contribution >= 0.6 is 27.5 Å². The van der Waals surface area contributed by atoms with Crippen molar-refractivity contribution >= 4 is 33.4 Å². The van der Waals surface area contributed by atoms with Gasteiger partial charge in [-0.2, -0.15) is 0 Å². The Hall–Kier alpha value is -1.56. The Kier molecular flexibility index (Phi) is 5.95. The van der Waals surface area contributed by atoms with Crippen molar-refractivity contribution < 1.29 is 9.53 Å². The van der Waals surface area contributed by atoms with E-state index in [0.717, 1.165) is 48.5 Å². The zero-order valence-corrected chi connectivity index (χ0v) is 18.2. The molecule has 0 saturated carbocycles. The maximum Gasteiger partial charge on any atom is 0.255 e. The Morgan fingerprint density at radius 1 is 1.11 bits per heavy atom. The van der Waals surface area contributed by atoms with Crippen LogP contribution in [0.5, 0.6) is 5.75 Å². The third-order valence-electron chi connectivity index (χ3n) is 5.95. The minimum absolute atomic E-state index is 0.0743. The molecule has 0 unspecified atom stereocenters. The Bertz CT molecular complexity index is 858. The summed E-state index contributed by atoms with van der Waals surface area (Å²) in [6.07, 6.45) is 2.25. The smallest absolute Gasteiger partial charge is 0.255 e. The van der Waals surface area contributed by atoms with Crippen molar-refractivity contribution in [3.8, 4) is 5.75 Å². The third kappa shape index (κ3) is 3.93. The molecule has 2 heterocycles. The molecule has 0 bridgehead atoms. The summed E-state index contributed by atoms with van der Waals surface area (Å²) in [6, 6.07) is 14.3. The normalized spacial score (nSPS) is 22.6. The summed E-state index contributed by atoms with van der Waals surface area (Å²) in [5.74, 6) is 1.31. The predicted octanol–water partition coefficient (Wildman–Crippen LogP) is 4.82. The van der Waals surface area contributed by atoms with Crippen LogP contribution in [0.4, 0.5) is 0 Å². The Labute approximate surface area is 179 Å². The van der Waals surface area contributed by atoms with Gasteiger partial charge < -0.3 is 9.64 Å². The molecule has 0 spiro atoms. The van der Waals surface area contributed by atoms with E-state index in [9.17, 15) is 4.79 Å². The highest BCUT2D eigenvalue weighted by atomic mass is 79.9. The number of amides is 1. The molecule has 2 atom stereocenters. The number of benzene rings is 2. The number of piperazine rings is 1. The van der Waals surface area contributed by atoms with Crippen molar-refractivity contribution in [3.63, 3.8) is 0 Å². The average molecular weight is 464 g/mol. The summed E-state index contributed by atoms with van der Waals surface area (Å²) in [5.41, 5.74) is 2.03. The van der Waals surface area contributed by atoms with Crippen LogP contribution in [0.1, 0.15) is 34.7 Å². The predicted molar refractivity (Wildman–Crippen MR) is 115 cm³/mol. The van der Waals surface area contributed by atoms with E-state index in [1.54, 1.807) is 7.11 Å². The number of ether oxygens (including phenoxy) is 1. The molecule has 0 radical (unpaired) electrons. The summed E-state index contributed by atoms with van der Waals surface area (Å²) in [7, 11) is 1.62. The standard InChI is InChI=1S/C22H24BrClN2O2/c1-28-20-4-2-3-19(21(20)23)22(27)26-12-11-25-13-16(7-10-18(25)14-26)15-5-8-17(24)9-6-15/h2-6,8-9,16,18H,7,10-14H2,1H3/t16-,18+/m0/s1. The Balaban J connectivity index is 1.42. The number of halogens is 2. The van der Waals surface area contributed by atoms with Gasteiger partial charge in [-0.25, -0.2) is 0 Å². The lowest BCUT2D eigenvalue weighted by atomic mass is 9.86. The summed E-state index contributed by atoms with van der Waals surface area (Å²) in [6.45, 7) is 3.52. The van der Waals surface area contributed by atoms with E-state index in [0.29, 0.717) is 23.3 Å². The monoisotopic (exact) mass is 462 g/mol. The first-order valence-electron chi connectivity index (χ1n) is 9.68. The molecule has 148 valence electrons. The SMILES string of the molecule is COc1cccc(C(=O)N2CCN3C[C@@H](c4ccc(Cl)cc4)CC[C@@H]3C2)c1Br. The quantitative estimate of drug-likeness (QED) is 0.654. The van der Waals surface area contributed by atoms with Crippen molar-refractivity contribution in [2.24, 2.45) is 0 Å². The number of piperidine rings is 1. The van der Waals surface area contributed by atoms with Crippen LogP contribution in [-0.2, 0) is 0 Å². The summed E-state index contributed by atoms with van der Waals surface area (Å²) < 4.78 is 6.07. The van der Waals surface area contributed by atoms with Crippen LogP contribution in [-0.4, -0.2) is 55.0 Å². The van der Waals surface area contributed by atoms with Gasteiger partial charge in [0.05, 0.1) is 17.1 Å². The van der Waals surface area contributed by atoms with Crippen molar-refractivity contribution in [1.29, 1.82) is 0 Å². The van der Waals surface area contributed by atoms with Gasteiger partial charge in [0.15, 0.2) is 0 Å². The molecule has 4 nitrogen and oxygen atoms in total. The fourth-order valence-corrected chi connectivity index (χ4v) is 5.09. The third-order valence-corrected chi connectivity index (χ3v) is 7.02. The number of hydrogen-bond acceptors (Lipinski definition) is 3. The van der Waals surface area contributed by atoms with Gasteiger partial charge in [0.2, 0.25) is 0 Å². The van der Waals surface area contributed by atoms with Crippen LogP contribution in [0.2, 0.25) is 5.02 Å². The fourth-order valence-electron chi connectivity index (χ4n) is 4.37. The second-order valence-electron chi connectivity index (χ2n) is 7.55. The maximum atomic E-state index is 13.1. The molecular weight excluding hydrogens is 440 g/mol. The molecule has 6 heteroatoms. The number of methoxy groups -OCH3 is 1. The first kappa shape index (κ1) is 19.7. The molecule has 0 N–H and O–H groups in total. The van der Waals surface area contributed by atoms with E-state index >= 15 is 0 Å². The minimum Gasteiger partial charge on any atom is -0.496 e. The Morgan fingerprint density at radius 3 is 2.64 bits per heavy atom. The van der Waals surface area contributed by atoms with E-state index in [4.69, 9.17) is 16.3 Å². The number of fused-ring (bicyclic) bond motifs is 1. The van der Waals surface area contributed by atoms with Crippen molar-refractivity contribution in [1.82, 2.24) is 9.80 Å². The van der Waals surface area contributed by atoms with E-state index in [-0.39, 0.29) is 5.91 Å². The zero-order chi connectivity index (χ0) is 19.7. The summed E-state index contributed by atoms with van der Waals surface area (Å²) >= 11 is 9.55. The van der Waals surface area contributed by atoms with Crippen LogP contribution in [0.25, 0.3) is 0 Å². The highest BCUT2D eigenvalue weighted by molar-refractivity contribution is 9.10. The van der Waals surface area contributed by atoms with Crippen LogP contribution in [0, 0.1) is 0 Å². The van der Waals surface area contributed by atoms with E-state index in [1.165, 1.54) is 5.56 Å². The molecule has 0 aliphatic carbocycles. The number of carbonyl (C=O) groups is 1. The molecular formula is C22H24BrClN2O2. The highest BCUT2D eigenvalue weighted by Crippen LogP contribution is 2.34. The van der Waals surface area contributed by atoms with E-state index in [2.05, 4.69) is 33.0 Å². The molecule has 2 fully saturated rings.